The Kier molecular flexibility index (Phi) is 3.17. The highest BCUT2D eigenvalue weighted by molar-refractivity contribution is 6.51. The Balaban J connectivity index is 2.30. The zero-order valence-corrected chi connectivity index (χ0v) is 9.95. The first-order valence-corrected chi connectivity index (χ1v) is 5.70. The second-order valence-corrected chi connectivity index (χ2v) is 5.07. The van der Waals surface area contributed by atoms with Crippen LogP contribution in [-0.2, 0) is 0 Å². The van der Waals surface area contributed by atoms with Crippen LogP contribution in [0.5, 0.6) is 0 Å². The summed E-state index contributed by atoms with van der Waals surface area (Å²) in [7, 11) is 0. The number of allylic oxidation sites excluding steroid dienone is 4. The van der Waals surface area contributed by atoms with Crippen LogP contribution in [0.15, 0.2) is 54.6 Å². The van der Waals surface area contributed by atoms with Crippen LogP contribution in [0.25, 0.3) is 0 Å². The fourth-order valence-corrected chi connectivity index (χ4v) is 2.12. The predicted molar refractivity (Wildman–Crippen MR) is 67.0 cm³/mol. The zero-order chi connectivity index (χ0) is 11.6. The van der Waals surface area contributed by atoms with Crippen molar-refractivity contribution in [1.82, 2.24) is 0 Å². The van der Waals surface area contributed by atoms with E-state index in [1.807, 2.05) is 18.2 Å². The van der Waals surface area contributed by atoms with Gasteiger partial charge in [-0.3, -0.25) is 4.79 Å². The molecule has 1 aliphatic carbocycles. The molecular formula is C13H10Cl2O. The molecule has 0 radical (unpaired) electrons. The van der Waals surface area contributed by atoms with Crippen LogP contribution >= 0.6 is 23.2 Å². The van der Waals surface area contributed by atoms with E-state index < -0.39 is 10.3 Å². The van der Waals surface area contributed by atoms with Crippen LogP contribution in [0.1, 0.15) is 10.4 Å². The zero-order valence-electron chi connectivity index (χ0n) is 8.44. The van der Waals surface area contributed by atoms with Gasteiger partial charge in [0, 0.05) is 5.56 Å². The molecule has 1 aliphatic rings. The van der Waals surface area contributed by atoms with Crippen molar-refractivity contribution >= 4 is 29.0 Å². The van der Waals surface area contributed by atoms with Gasteiger partial charge in [-0.15, -0.1) is 0 Å². The second-order valence-electron chi connectivity index (χ2n) is 3.63. The summed E-state index contributed by atoms with van der Waals surface area (Å²) < 4.78 is -1.15. The minimum atomic E-state index is -1.15. The highest BCUT2D eigenvalue weighted by Crippen LogP contribution is 2.37. The lowest BCUT2D eigenvalue weighted by atomic mass is 9.91. The van der Waals surface area contributed by atoms with Gasteiger partial charge >= 0.3 is 0 Å². The molecule has 1 atom stereocenters. The molecule has 0 bridgehead atoms. The van der Waals surface area contributed by atoms with Gasteiger partial charge in [0.25, 0.3) is 0 Å². The monoisotopic (exact) mass is 252 g/mol. The lowest BCUT2D eigenvalue weighted by Crippen LogP contribution is -2.30. The van der Waals surface area contributed by atoms with E-state index in [0.717, 1.165) is 0 Å². The lowest BCUT2D eigenvalue weighted by Gasteiger charge is -2.25. The number of benzene rings is 1. The van der Waals surface area contributed by atoms with Crippen LogP contribution in [0.3, 0.4) is 0 Å². The normalized spacial score (nSPS) is 22.0. The van der Waals surface area contributed by atoms with Crippen molar-refractivity contribution in [3.63, 3.8) is 0 Å². The minimum Gasteiger partial charge on any atom is -0.293 e. The number of carbonyl (C=O) groups is 1. The molecule has 0 spiro atoms. The van der Waals surface area contributed by atoms with Crippen molar-refractivity contribution in [2.24, 2.45) is 5.92 Å². The average Bonchev–Trinajstić information content (AvgIpc) is 2.29. The molecule has 1 aromatic carbocycles. The summed E-state index contributed by atoms with van der Waals surface area (Å²) in [4.78, 5) is 12.2. The highest BCUT2D eigenvalue weighted by Gasteiger charge is 2.37. The summed E-state index contributed by atoms with van der Waals surface area (Å²) in [6, 6.07) is 9.03. The Morgan fingerprint density at radius 2 is 1.81 bits per heavy atom. The van der Waals surface area contributed by atoms with Gasteiger partial charge in [-0.05, 0) is 6.08 Å². The molecule has 2 rings (SSSR count). The molecule has 1 nitrogen and oxygen atoms in total. The van der Waals surface area contributed by atoms with Gasteiger partial charge in [-0.2, -0.15) is 0 Å². The Morgan fingerprint density at radius 1 is 1.12 bits per heavy atom. The maximum Gasteiger partial charge on any atom is 0.173 e. The molecule has 16 heavy (non-hydrogen) atoms. The third kappa shape index (κ3) is 2.21. The summed E-state index contributed by atoms with van der Waals surface area (Å²) in [5, 5.41) is 0. The van der Waals surface area contributed by atoms with Gasteiger partial charge in [0.05, 0.1) is 5.92 Å². The number of alkyl halides is 2. The molecule has 1 unspecified atom stereocenters. The SMILES string of the molecule is O=C(c1ccccc1)C1C=CC=CC1(Cl)Cl. The first-order valence-electron chi connectivity index (χ1n) is 4.94. The Labute approximate surface area is 104 Å². The van der Waals surface area contributed by atoms with Gasteiger partial charge in [-0.25, -0.2) is 0 Å². The molecule has 82 valence electrons. The fourth-order valence-electron chi connectivity index (χ4n) is 1.64. The van der Waals surface area contributed by atoms with Gasteiger partial charge in [0.15, 0.2) is 5.78 Å². The van der Waals surface area contributed by atoms with Crippen LogP contribution < -0.4 is 0 Å². The van der Waals surface area contributed by atoms with Crippen LogP contribution in [-0.4, -0.2) is 10.1 Å². The van der Waals surface area contributed by atoms with Gasteiger partial charge in [-0.1, -0.05) is 71.8 Å². The summed E-state index contributed by atoms with van der Waals surface area (Å²) in [5.74, 6) is -0.588. The smallest absolute Gasteiger partial charge is 0.173 e. The first kappa shape index (κ1) is 11.4. The van der Waals surface area contributed by atoms with Crippen molar-refractivity contribution in [1.29, 1.82) is 0 Å². The standard InChI is InChI=1S/C13H10Cl2O/c14-13(15)9-5-4-8-11(13)12(16)10-6-2-1-3-7-10/h1-9,11H. The van der Waals surface area contributed by atoms with E-state index in [-0.39, 0.29) is 5.78 Å². The largest absolute Gasteiger partial charge is 0.293 e. The number of hydrogen-bond donors (Lipinski definition) is 0. The van der Waals surface area contributed by atoms with E-state index in [1.54, 1.807) is 36.4 Å². The number of ketones is 1. The summed E-state index contributed by atoms with van der Waals surface area (Å²) >= 11 is 12.2. The Hall–Kier alpha value is -1.05. The van der Waals surface area contributed by atoms with Crippen molar-refractivity contribution < 1.29 is 4.79 Å². The van der Waals surface area contributed by atoms with Crippen molar-refractivity contribution in [3.8, 4) is 0 Å². The predicted octanol–water partition coefficient (Wildman–Crippen LogP) is 3.79. The molecule has 0 amide bonds. The molecule has 0 saturated heterocycles. The average molecular weight is 253 g/mol. The summed E-state index contributed by atoms with van der Waals surface area (Å²) in [5.41, 5.74) is 0.623. The van der Waals surface area contributed by atoms with E-state index in [2.05, 4.69) is 0 Å². The van der Waals surface area contributed by atoms with Crippen molar-refractivity contribution in [2.45, 2.75) is 4.33 Å². The van der Waals surface area contributed by atoms with Crippen LogP contribution in [0.2, 0.25) is 0 Å². The van der Waals surface area contributed by atoms with Gasteiger partial charge in [0.2, 0.25) is 0 Å². The van der Waals surface area contributed by atoms with E-state index in [0.29, 0.717) is 5.56 Å². The number of hydrogen-bond acceptors (Lipinski definition) is 1. The lowest BCUT2D eigenvalue weighted by molar-refractivity contribution is 0.0942. The third-order valence-electron chi connectivity index (χ3n) is 2.49. The molecule has 0 heterocycles. The number of carbonyl (C=O) groups excluding carboxylic acids is 1. The third-order valence-corrected chi connectivity index (χ3v) is 3.21. The van der Waals surface area contributed by atoms with E-state index in [1.165, 1.54) is 0 Å². The molecule has 0 fully saturated rings. The molecular weight excluding hydrogens is 243 g/mol. The molecule has 1 aromatic rings. The van der Waals surface area contributed by atoms with Crippen molar-refractivity contribution in [2.75, 3.05) is 0 Å². The van der Waals surface area contributed by atoms with Crippen LogP contribution in [0, 0.1) is 5.92 Å². The van der Waals surface area contributed by atoms with E-state index in [4.69, 9.17) is 23.2 Å². The highest BCUT2D eigenvalue weighted by atomic mass is 35.5. The molecule has 3 heteroatoms. The number of rotatable bonds is 2. The molecule has 0 aliphatic heterocycles. The van der Waals surface area contributed by atoms with E-state index >= 15 is 0 Å². The maximum absolute atomic E-state index is 12.2. The Morgan fingerprint density at radius 3 is 2.44 bits per heavy atom. The minimum absolute atomic E-state index is 0.0637. The van der Waals surface area contributed by atoms with Crippen molar-refractivity contribution in [3.05, 3.63) is 60.2 Å². The van der Waals surface area contributed by atoms with Gasteiger partial charge in [0.1, 0.15) is 4.33 Å². The topological polar surface area (TPSA) is 17.1 Å². The number of halogens is 2. The second kappa shape index (κ2) is 4.44. The quantitative estimate of drug-likeness (QED) is 0.579. The Bertz CT molecular complexity index is 446. The summed E-state index contributed by atoms with van der Waals surface area (Å²) in [6.45, 7) is 0. The first-order chi connectivity index (χ1) is 7.61. The number of Topliss-reactive ketones (excluding diaryl/α,β-unsaturated/α-hetero) is 1. The molecule has 0 aromatic heterocycles. The maximum atomic E-state index is 12.2. The fraction of sp³-hybridized carbons (Fsp3) is 0.154. The molecule has 0 N–H and O–H groups in total. The van der Waals surface area contributed by atoms with E-state index in [9.17, 15) is 4.79 Å². The summed E-state index contributed by atoms with van der Waals surface area (Å²) in [6.07, 6.45) is 6.89. The van der Waals surface area contributed by atoms with Crippen LogP contribution in [0.4, 0.5) is 0 Å². The molecule has 0 saturated carbocycles. The van der Waals surface area contributed by atoms with Gasteiger partial charge < -0.3 is 0 Å².